The summed E-state index contributed by atoms with van der Waals surface area (Å²) in [7, 11) is 0. The Morgan fingerprint density at radius 2 is 1.69 bits per heavy atom. The second-order valence-corrected chi connectivity index (χ2v) is 4.73. The maximum absolute atomic E-state index is 10.3. The van der Waals surface area contributed by atoms with Crippen molar-refractivity contribution in [1.82, 2.24) is 0 Å². The quantitative estimate of drug-likeness (QED) is 0.663. The standard InChI is InChI=1S/C11H15OS/c1-11(2,3)10-6-4-9(5-7-10)8-13-12/h4-7H,8H2,1-3H3/q+1. The van der Waals surface area contributed by atoms with E-state index in [0.717, 1.165) is 5.56 Å². The number of hydrogen-bond acceptors (Lipinski definition) is 1. The smallest absolute Gasteiger partial charge is 0.0580 e. The molecule has 0 bridgehead atoms. The summed E-state index contributed by atoms with van der Waals surface area (Å²) < 4.78 is 10.3. The van der Waals surface area contributed by atoms with Gasteiger partial charge in [-0.05, 0) is 11.0 Å². The van der Waals surface area contributed by atoms with E-state index in [1.807, 2.05) is 12.1 Å². The number of rotatable bonds is 2. The van der Waals surface area contributed by atoms with Gasteiger partial charge in [-0.1, -0.05) is 45.0 Å². The summed E-state index contributed by atoms with van der Waals surface area (Å²) in [6.07, 6.45) is 0. The van der Waals surface area contributed by atoms with Gasteiger partial charge in [0.15, 0.2) is 0 Å². The molecule has 0 saturated carbocycles. The molecule has 0 aromatic heterocycles. The van der Waals surface area contributed by atoms with E-state index < -0.39 is 0 Å². The Labute approximate surface area is 83.7 Å². The Bertz CT molecular complexity index is 282. The molecule has 1 nitrogen and oxygen atoms in total. The first-order chi connectivity index (χ1) is 6.04. The highest BCUT2D eigenvalue weighted by atomic mass is 32.1. The molecule has 0 saturated heterocycles. The van der Waals surface area contributed by atoms with Crippen molar-refractivity contribution < 1.29 is 4.21 Å². The van der Waals surface area contributed by atoms with Crippen molar-refractivity contribution in [3.63, 3.8) is 0 Å². The zero-order valence-electron chi connectivity index (χ0n) is 8.33. The summed E-state index contributed by atoms with van der Waals surface area (Å²) in [6, 6.07) is 8.27. The zero-order valence-corrected chi connectivity index (χ0v) is 9.15. The van der Waals surface area contributed by atoms with E-state index in [-0.39, 0.29) is 5.41 Å². The lowest BCUT2D eigenvalue weighted by atomic mass is 9.87. The SMILES string of the molecule is CC(C)(C)c1ccc(C[S+]=O)cc1. The predicted molar refractivity (Wildman–Crippen MR) is 56.9 cm³/mol. The average molecular weight is 195 g/mol. The molecule has 0 aliphatic rings. The van der Waals surface area contributed by atoms with Crippen LogP contribution in [0.1, 0.15) is 31.9 Å². The third-order valence-corrected chi connectivity index (χ3v) is 2.50. The van der Waals surface area contributed by atoms with Gasteiger partial charge in [0.1, 0.15) is 0 Å². The molecular weight excluding hydrogens is 180 g/mol. The number of hydrogen-bond donors (Lipinski definition) is 0. The van der Waals surface area contributed by atoms with E-state index in [2.05, 4.69) is 32.9 Å². The fourth-order valence-corrected chi connectivity index (χ4v) is 1.50. The zero-order chi connectivity index (χ0) is 9.90. The molecule has 0 spiro atoms. The first kappa shape index (κ1) is 10.3. The minimum atomic E-state index is 0.198. The summed E-state index contributed by atoms with van der Waals surface area (Å²) in [5.74, 6) is 0.560. The van der Waals surface area contributed by atoms with E-state index in [9.17, 15) is 4.21 Å². The van der Waals surface area contributed by atoms with Crippen molar-refractivity contribution in [3.05, 3.63) is 35.4 Å². The Balaban J connectivity index is 2.87. The summed E-state index contributed by atoms with van der Waals surface area (Å²) in [5.41, 5.74) is 2.61. The Hall–Kier alpha value is -0.760. The fourth-order valence-electron chi connectivity index (χ4n) is 1.17. The summed E-state index contributed by atoms with van der Waals surface area (Å²) >= 11 is 0.618. The van der Waals surface area contributed by atoms with Crippen LogP contribution in [-0.2, 0) is 27.0 Å². The van der Waals surface area contributed by atoms with Crippen LogP contribution in [0.2, 0.25) is 0 Å². The van der Waals surface area contributed by atoms with E-state index in [1.165, 1.54) is 5.56 Å². The molecule has 0 radical (unpaired) electrons. The van der Waals surface area contributed by atoms with Gasteiger partial charge >= 0.3 is 11.7 Å². The van der Waals surface area contributed by atoms with Crippen molar-refractivity contribution in [2.45, 2.75) is 31.9 Å². The summed E-state index contributed by atoms with van der Waals surface area (Å²) in [6.45, 7) is 6.55. The first-order valence-corrected chi connectivity index (χ1v) is 5.29. The van der Waals surface area contributed by atoms with Crippen molar-refractivity contribution in [1.29, 1.82) is 0 Å². The first-order valence-electron chi connectivity index (χ1n) is 4.38. The lowest BCUT2D eigenvalue weighted by Gasteiger charge is -2.18. The second-order valence-electron chi connectivity index (χ2n) is 4.21. The van der Waals surface area contributed by atoms with Crippen molar-refractivity contribution in [2.24, 2.45) is 0 Å². The highest BCUT2D eigenvalue weighted by molar-refractivity contribution is 7.64. The van der Waals surface area contributed by atoms with Crippen LogP contribution in [0.25, 0.3) is 0 Å². The third-order valence-electron chi connectivity index (χ3n) is 2.05. The maximum atomic E-state index is 10.3. The van der Waals surface area contributed by atoms with Crippen LogP contribution in [0, 0.1) is 0 Å². The van der Waals surface area contributed by atoms with E-state index >= 15 is 0 Å². The van der Waals surface area contributed by atoms with E-state index in [4.69, 9.17) is 0 Å². The predicted octanol–water partition coefficient (Wildman–Crippen LogP) is 2.91. The van der Waals surface area contributed by atoms with Gasteiger partial charge in [-0.25, -0.2) is 0 Å². The fraction of sp³-hybridized carbons (Fsp3) is 0.455. The summed E-state index contributed by atoms with van der Waals surface area (Å²) in [5, 5.41) is 0. The second kappa shape index (κ2) is 3.97. The van der Waals surface area contributed by atoms with Gasteiger partial charge in [-0.15, -0.1) is 0 Å². The Kier molecular flexibility index (Phi) is 3.15. The van der Waals surface area contributed by atoms with Crippen LogP contribution >= 0.6 is 0 Å². The maximum Gasteiger partial charge on any atom is 0.463 e. The lowest BCUT2D eigenvalue weighted by Crippen LogP contribution is -2.10. The molecular formula is C11H15OS+. The van der Waals surface area contributed by atoms with Crippen LogP contribution < -0.4 is 0 Å². The van der Waals surface area contributed by atoms with Gasteiger partial charge in [0, 0.05) is 9.77 Å². The van der Waals surface area contributed by atoms with Gasteiger partial charge in [0.25, 0.3) is 5.75 Å². The van der Waals surface area contributed by atoms with E-state index in [1.54, 1.807) is 0 Å². The molecule has 1 aromatic carbocycles. The molecule has 2 heteroatoms. The van der Waals surface area contributed by atoms with Crippen molar-refractivity contribution in [2.75, 3.05) is 0 Å². The molecule has 0 atom stereocenters. The average Bonchev–Trinajstić information content (AvgIpc) is 2.04. The molecule has 70 valence electrons. The van der Waals surface area contributed by atoms with Gasteiger partial charge < -0.3 is 0 Å². The molecule has 0 fully saturated rings. The normalized spacial score (nSPS) is 11.3. The third kappa shape index (κ3) is 2.88. The highest BCUT2D eigenvalue weighted by Gasteiger charge is 2.13. The van der Waals surface area contributed by atoms with Crippen molar-refractivity contribution in [3.8, 4) is 0 Å². The van der Waals surface area contributed by atoms with Crippen LogP contribution in [0.3, 0.4) is 0 Å². The topological polar surface area (TPSA) is 17.1 Å². The van der Waals surface area contributed by atoms with Crippen LogP contribution in [0.4, 0.5) is 0 Å². The van der Waals surface area contributed by atoms with Gasteiger partial charge in [0.05, 0.1) is 0 Å². The minimum Gasteiger partial charge on any atom is -0.0580 e. The van der Waals surface area contributed by atoms with Crippen LogP contribution in [0.15, 0.2) is 24.3 Å². The van der Waals surface area contributed by atoms with Gasteiger partial charge in [0.2, 0.25) is 0 Å². The summed E-state index contributed by atoms with van der Waals surface area (Å²) in [4.78, 5) is 0. The number of benzene rings is 1. The van der Waals surface area contributed by atoms with Crippen LogP contribution in [-0.4, -0.2) is 0 Å². The van der Waals surface area contributed by atoms with Crippen LogP contribution in [0.5, 0.6) is 0 Å². The monoisotopic (exact) mass is 195 g/mol. The largest absolute Gasteiger partial charge is 0.463 e. The van der Waals surface area contributed by atoms with Gasteiger partial charge in [-0.3, -0.25) is 0 Å². The molecule has 13 heavy (non-hydrogen) atoms. The Morgan fingerprint density at radius 1 is 1.15 bits per heavy atom. The van der Waals surface area contributed by atoms with Crippen molar-refractivity contribution >= 4 is 11.7 Å². The molecule has 0 aliphatic carbocycles. The minimum absolute atomic E-state index is 0.198. The molecule has 0 aliphatic heterocycles. The lowest BCUT2D eigenvalue weighted by molar-refractivity contribution is 0.590. The Morgan fingerprint density at radius 3 is 2.08 bits per heavy atom. The van der Waals surface area contributed by atoms with E-state index in [0.29, 0.717) is 17.4 Å². The van der Waals surface area contributed by atoms with Gasteiger partial charge in [-0.2, -0.15) is 0 Å². The molecule has 0 heterocycles. The highest BCUT2D eigenvalue weighted by Crippen LogP contribution is 2.22. The molecule has 1 aromatic rings. The molecule has 0 amide bonds. The molecule has 0 unspecified atom stereocenters. The molecule has 0 N–H and O–H groups in total. The molecule has 1 rings (SSSR count).